The van der Waals surface area contributed by atoms with E-state index in [1.165, 1.54) is 0 Å². The van der Waals surface area contributed by atoms with Crippen molar-refractivity contribution in [3.05, 3.63) is 0 Å². The summed E-state index contributed by atoms with van der Waals surface area (Å²) in [5.74, 6) is 0. The van der Waals surface area contributed by atoms with Crippen LogP contribution in [0.1, 0.15) is 0 Å². The smallest absolute Gasteiger partial charge is 0.362 e. The summed E-state index contributed by atoms with van der Waals surface area (Å²) in [5.41, 5.74) is 0. The van der Waals surface area contributed by atoms with E-state index in [4.69, 9.17) is 5.11 Å². The van der Waals surface area contributed by atoms with E-state index in [0.29, 0.717) is 0 Å². The van der Waals surface area contributed by atoms with Gasteiger partial charge in [0.05, 0.1) is 0 Å². The minimum atomic E-state index is -2.51. The molecule has 0 amide bonds. The molecule has 1 rings (SSSR count). The summed E-state index contributed by atoms with van der Waals surface area (Å²) in [7, 11) is -4.91. The van der Waals surface area contributed by atoms with Crippen molar-refractivity contribution in [3.8, 4) is 0 Å². The molecule has 0 aliphatic carbocycles. The average molecular weight is 225 g/mol. The molecular weight excluding hydrogens is 221 g/mol. The first-order valence-electron chi connectivity index (χ1n) is 2.29. The molecule has 0 aromatic carbocycles. The topological polar surface area (TPSA) is 82.1 Å². The van der Waals surface area contributed by atoms with Gasteiger partial charge in [-0.2, -0.15) is 0 Å². The van der Waals surface area contributed by atoms with Crippen molar-refractivity contribution in [2.75, 3.05) is 6.61 Å². The van der Waals surface area contributed by atoms with Gasteiger partial charge in [-0.3, -0.25) is 0 Å². The van der Waals surface area contributed by atoms with E-state index in [1.807, 2.05) is 0 Å². The minimum absolute atomic E-state index is 0. The van der Waals surface area contributed by atoms with Crippen LogP contribution in [0.5, 0.6) is 0 Å². The molecule has 0 bridgehead atoms. The van der Waals surface area contributed by atoms with Gasteiger partial charge in [0.25, 0.3) is 0 Å². The zero-order valence-electron chi connectivity index (χ0n) is 5.67. The number of hydrogen-bond acceptors (Lipinski definition) is 6. The van der Waals surface area contributed by atoms with Gasteiger partial charge in [0.15, 0.2) is 10.9 Å². The Hall–Kier alpha value is 1.68. The van der Waals surface area contributed by atoms with Crippen LogP contribution in [0.25, 0.3) is 0 Å². The first kappa shape index (κ1) is 12.7. The molecule has 0 aromatic rings. The van der Waals surface area contributed by atoms with Crippen LogP contribution in [0.3, 0.4) is 0 Å². The molecular formula is C2H4KO6P2+2. The predicted molar refractivity (Wildman–Crippen MR) is 35.1 cm³/mol. The maximum absolute atomic E-state index is 10.4. The van der Waals surface area contributed by atoms with Crippen LogP contribution in [-0.2, 0) is 22.5 Å². The van der Waals surface area contributed by atoms with Crippen LogP contribution in [0.15, 0.2) is 0 Å². The second-order valence-electron chi connectivity index (χ2n) is 1.38. The molecule has 9 heteroatoms. The Bertz CT molecular complexity index is 172. The SMILES string of the molecule is O=[P+]1OCC(O)O[P+](=O)O1.[K]. The molecule has 3 unspecified atom stereocenters. The fraction of sp³-hybridized carbons (Fsp3) is 1.00. The summed E-state index contributed by atoms with van der Waals surface area (Å²) in [6.07, 6.45) is -1.33. The fourth-order valence-electron chi connectivity index (χ4n) is 0.352. The Morgan fingerprint density at radius 3 is 2.64 bits per heavy atom. The van der Waals surface area contributed by atoms with Crippen LogP contribution in [0, 0.1) is 0 Å². The molecule has 1 N–H and O–H groups in total. The Morgan fingerprint density at radius 1 is 1.36 bits per heavy atom. The van der Waals surface area contributed by atoms with Crippen molar-refractivity contribution in [3.63, 3.8) is 0 Å². The third kappa shape index (κ3) is 5.08. The van der Waals surface area contributed by atoms with Gasteiger partial charge in [-0.1, -0.05) is 4.52 Å². The Kier molecular flexibility index (Phi) is 7.12. The van der Waals surface area contributed by atoms with E-state index in [9.17, 15) is 9.13 Å². The summed E-state index contributed by atoms with van der Waals surface area (Å²) in [6, 6.07) is 0. The van der Waals surface area contributed by atoms with Gasteiger partial charge in [0, 0.05) is 60.5 Å². The maximum atomic E-state index is 10.4. The van der Waals surface area contributed by atoms with Crippen molar-refractivity contribution >= 4 is 67.9 Å². The molecule has 1 saturated heterocycles. The van der Waals surface area contributed by atoms with E-state index in [1.54, 1.807) is 0 Å². The van der Waals surface area contributed by atoms with Gasteiger partial charge in [0.1, 0.15) is 0 Å². The number of rotatable bonds is 0. The van der Waals surface area contributed by atoms with Crippen LogP contribution < -0.4 is 0 Å². The van der Waals surface area contributed by atoms with E-state index in [2.05, 4.69) is 13.4 Å². The fourth-order valence-corrected chi connectivity index (χ4v) is 1.64. The number of aliphatic hydroxyl groups excluding tert-OH is 1. The molecule has 1 aliphatic rings. The monoisotopic (exact) mass is 225 g/mol. The summed E-state index contributed by atoms with van der Waals surface area (Å²) >= 11 is 0. The summed E-state index contributed by atoms with van der Waals surface area (Å²) in [4.78, 5) is 0. The van der Waals surface area contributed by atoms with E-state index >= 15 is 0 Å². The Morgan fingerprint density at radius 2 is 2.00 bits per heavy atom. The summed E-state index contributed by atoms with van der Waals surface area (Å²) in [6.45, 7) is -0.295. The Balaban J connectivity index is 0.000001000. The van der Waals surface area contributed by atoms with E-state index in [0.717, 1.165) is 0 Å². The van der Waals surface area contributed by atoms with Gasteiger partial charge in [0.2, 0.25) is 6.29 Å². The van der Waals surface area contributed by atoms with Gasteiger partial charge < -0.3 is 5.11 Å². The Labute approximate surface area is 107 Å². The molecule has 1 aliphatic heterocycles. The molecule has 0 spiro atoms. The van der Waals surface area contributed by atoms with Gasteiger partial charge >= 0.3 is 16.5 Å². The van der Waals surface area contributed by atoms with Gasteiger partial charge in [-0.15, -0.1) is 4.52 Å². The molecule has 1 heterocycles. The molecule has 11 heavy (non-hydrogen) atoms. The van der Waals surface area contributed by atoms with Gasteiger partial charge in [-0.05, 0) is 0 Å². The zero-order chi connectivity index (χ0) is 7.56. The van der Waals surface area contributed by atoms with Crippen molar-refractivity contribution in [1.82, 2.24) is 0 Å². The second kappa shape index (κ2) is 6.18. The van der Waals surface area contributed by atoms with Crippen LogP contribution in [0.2, 0.25) is 0 Å². The van der Waals surface area contributed by atoms with E-state index < -0.39 is 22.8 Å². The second-order valence-corrected chi connectivity index (χ2v) is 3.40. The van der Waals surface area contributed by atoms with Crippen molar-refractivity contribution in [2.45, 2.75) is 6.29 Å². The molecule has 0 saturated carbocycles. The maximum Gasteiger partial charge on any atom is 0.750 e. The average Bonchev–Trinajstić information content (AvgIpc) is 1.93. The quantitative estimate of drug-likeness (QED) is 0.471. The summed E-state index contributed by atoms with van der Waals surface area (Å²) < 4.78 is 33.4. The standard InChI is InChI=1S/C2H4O6P2.K/c3-2-1-6-9(4)8-10(5)7-2;/h2-3H,1H2;/q+2;. The van der Waals surface area contributed by atoms with E-state index in [-0.39, 0.29) is 58.0 Å². The largest absolute Gasteiger partial charge is 0.750 e. The number of aliphatic hydroxyl groups is 1. The van der Waals surface area contributed by atoms with Crippen molar-refractivity contribution in [2.24, 2.45) is 0 Å². The zero-order valence-corrected chi connectivity index (χ0v) is 10.6. The molecule has 3 atom stereocenters. The predicted octanol–water partition coefficient (Wildman–Crippen LogP) is 0.302. The molecule has 1 fully saturated rings. The van der Waals surface area contributed by atoms with Crippen molar-refractivity contribution < 1.29 is 27.6 Å². The third-order valence-electron chi connectivity index (χ3n) is 0.664. The first-order valence-corrected chi connectivity index (χ1v) is 4.48. The normalized spacial score (nSPS) is 32.3. The van der Waals surface area contributed by atoms with Crippen LogP contribution in [-0.4, -0.2) is 69.4 Å². The molecule has 1 radical (unpaired) electrons. The minimum Gasteiger partial charge on any atom is -0.362 e. The molecule has 6 nitrogen and oxygen atoms in total. The first-order chi connectivity index (χ1) is 4.68. The van der Waals surface area contributed by atoms with Crippen molar-refractivity contribution in [1.29, 1.82) is 0 Å². The summed E-state index contributed by atoms with van der Waals surface area (Å²) in [5, 5.41) is 8.64. The van der Waals surface area contributed by atoms with Crippen LogP contribution >= 0.6 is 16.5 Å². The van der Waals surface area contributed by atoms with Gasteiger partial charge in [-0.25, -0.2) is 0 Å². The number of hydrogen-bond donors (Lipinski definition) is 1. The van der Waals surface area contributed by atoms with Crippen LogP contribution in [0.4, 0.5) is 0 Å². The molecule has 0 aromatic heterocycles. The third-order valence-corrected chi connectivity index (χ3v) is 2.51. The molecule has 57 valence electrons.